The van der Waals surface area contributed by atoms with Crippen LogP contribution < -0.4 is 0 Å². The van der Waals surface area contributed by atoms with Crippen LogP contribution in [0, 0.1) is 5.92 Å². The summed E-state index contributed by atoms with van der Waals surface area (Å²) < 4.78 is 5.40. The van der Waals surface area contributed by atoms with E-state index in [0.29, 0.717) is 0 Å². The lowest BCUT2D eigenvalue weighted by Crippen LogP contribution is -2.11. The van der Waals surface area contributed by atoms with E-state index in [-0.39, 0.29) is 18.6 Å². The van der Waals surface area contributed by atoms with E-state index in [9.17, 15) is 0 Å². The molecule has 0 saturated heterocycles. The molecule has 0 aliphatic carbocycles. The average molecular weight is 176 g/mol. The Labute approximate surface area is 77.5 Å². The molecule has 0 saturated carbocycles. The van der Waals surface area contributed by atoms with Crippen molar-refractivity contribution in [3.8, 4) is 0 Å². The maximum atomic E-state index is 9.07. The Kier molecular flexibility index (Phi) is 2.32. The third-order valence-corrected chi connectivity index (χ3v) is 2.28. The molecule has 1 aliphatic heterocycles. The Bertz CT molecular complexity index is 292. The molecule has 2 rings (SSSR count). The summed E-state index contributed by atoms with van der Waals surface area (Å²) in [5.74, 6) is 0.0994. The highest BCUT2D eigenvalue weighted by molar-refractivity contribution is 5.21. The van der Waals surface area contributed by atoms with Crippen LogP contribution in [0.4, 0.5) is 0 Å². The van der Waals surface area contributed by atoms with Crippen molar-refractivity contribution in [2.75, 3.05) is 6.61 Å². The molecule has 68 valence electrons. The van der Waals surface area contributed by atoms with Gasteiger partial charge in [0, 0.05) is 5.92 Å². The Morgan fingerprint density at radius 2 is 2.00 bits per heavy atom. The zero-order chi connectivity index (χ0) is 9.10. The molecule has 2 heteroatoms. The molecule has 0 radical (unpaired) electrons. The Balaban J connectivity index is 2.18. The Morgan fingerprint density at radius 3 is 2.69 bits per heavy atom. The van der Waals surface area contributed by atoms with Gasteiger partial charge in [0.1, 0.15) is 6.10 Å². The molecule has 0 fully saturated rings. The third-order valence-electron chi connectivity index (χ3n) is 2.28. The van der Waals surface area contributed by atoms with Gasteiger partial charge in [-0.25, -0.2) is 0 Å². The van der Waals surface area contributed by atoms with Gasteiger partial charge in [0.15, 0.2) is 0 Å². The first-order valence-corrected chi connectivity index (χ1v) is 4.40. The van der Waals surface area contributed by atoms with Crippen molar-refractivity contribution in [3.05, 3.63) is 48.2 Å². The van der Waals surface area contributed by atoms with Crippen LogP contribution >= 0.6 is 0 Å². The second-order valence-electron chi connectivity index (χ2n) is 3.14. The van der Waals surface area contributed by atoms with E-state index >= 15 is 0 Å². The lowest BCUT2D eigenvalue weighted by Gasteiger charge is -2.16. The van der Waals surface area contributed by atoms with Gasteiger partial charge in [0.2, 0.25) is 0 Å². The molecule has 2 nitrogen and oxygen atoms in total. The molecule has 0 aromatic heterocycles. The standard InChI is InChI=1S/C11H12O2/c12-8-10-6-7-13-11(10)9-4-2-1-3-5-9/h1-7,10-12H,8H2. The maximum absolute atomic E-state index is 9.07. The predicted octanol–water partition coefficient (Wildman–Crippen LogP) is 1.88. The van der Waals surface area contributed by atoms with Crippen LogP contribution in [0.25, 0.3) is 0 Å². The van der Waals surface area contributed by atoms with Crippen molar-refractivity contribution < 1.29 is 9.84 Å². The third kappa shape index (κ3) is 1.58. The van der Waals surface area contributed by atoms with Gasteiger partial charge in [-0.2, -0.15) is 0 Å². The van der Waals surface area contributed by atoms with Gasteiger partial charge in [-0.3, -0.25) is 0 Å². The summed E-state index contributed by atoms with van der Waals surface area (Å²) in [4.78, 5) is 0. The van der Waals surface area contributed by atoms with Crippen LogP contribution in [0.3, 0.4) is 0 Å². The van der Waals surface area contributed by atoms with Gasteiger partial charge in [-0.05, 0) is 11.6 Å². The van der Waals surface area contributed by atoms with E-state index in [1.54, 1.807) is 6.26 Å². The normalized spacial score (nSPS) is 25.9. The van der Waals surface area contributed by atoms with Crippen LogP contribution in [0.1, 0.15) is 11.7 Å². The smallest absolute Gasteiger partial charge is 0.131 e. The molecule has 1 N–H and O–H groups in total. The molecule has 0 amide bonds. The number of rotatable bonds is 2. The summed E-state index contributed by atoms with van der Waals surface area (Å²) >= 11 is 0. The minimum Gasteiger partial charge on any atom is -0.493 e. The van der Waals surface area contributed by atoms with Crippen LogP contribution in [0.2, 0.25) is 0 Å². The van der Waals surface area contributed by atoms with Crippen molar-refractivity contribution in [2.45, 2.75) is 6.10 Å². The molecular formula is C11H12O2. The highest BCUT2D eigenvalue weighted by Crippen LogP contribution is 2.31. The van der Waals surface area contributed by atoms with Crippen LogP contribution in [0.15, 0.2) is 42.7 Å². The molecule has 0 bridgehead atoms. The van der Waals surface area contributed by atoms with E-state index in [0.717, 1.165) is 5.56 Å². The number of aliphatic hydroxyl groups excluding tert-OH is 1. The van der Waals surface area contributed by atoms with E-state index in [2.05, 4.69) is 0 Å². The Morgan fingerprint density at radius 1 is 1.23 bits per heavy atom. The fourth-order valence-electron chi connectivity index (χ4n) is 1.56. The van der Waals surface area contributed by atoms with Crippen molar-refractivity contribution in [1.82, 2.24) is 0 Å². The minimum absolute atomic E-state index is 0.00815. The summed E-state index contributed by atoms with van der Waals surface area (Å²) in [6.45, 7) is 0.135. The first-order valence-electron chi connectivity index (χ1n) is 4.40. The van der Waals surface area contributed by atoms with Crippen molar-refractivity contribution in [1.29, 1.82) is 0 Å². The van der Waals surface area contributed by atoms with Gasteiger partial charge >= 0.3 is 0 Å². The van der Waals surface area contributed by atoms with Crippen molar-refractivity contribution >= 4 is 0 Å². The number of ether oxygens (including phenoxy) is 1. The van der Waals surface area contributed by atoms with Crippen LogP contribution in [-0.2, 0) is 4.74 Å². The summed E-state index contributed by atoms with van der Waals surface area (Å²) in [6.07, 6.45) is 3.56. The van der Waals surface area contributed by atoms with Gasteiger partial charge in [0.25, 0.3) is 0 Å². The first kappa shape index (κ1) is 8.32. The van der Waals surface area contributed by atoms with Gasteiger partial charge in [-0.15, -0.1) is 0 Å². The number of aliphatic hydroxyl groups is 1. The molecule has 2 atom stereocenters. The van der Waals surface area contributed by atoms with Crippen molar-refractivity contribution in [3.63, 3.8) is 0 Å². The zero-order valence-corrected chi connectivity index (χ0v) is 7.26. The Hall–Kier alpha value is -1.28. The number of hydrogen-bond donors (Lipinski definition) is 1. The monoisotopic (exact) mass is 176 g/mol. The SMILES string of the molecule is OCC1C=COC1c1ccccc1. The molecule has 1 aromatic carbocycles. The van der Waals surface area contributed by atoms with Gasteiger partial charge in [0.05, 0.1) is 12.9 Å². The molecule has 13 heavy (non-hydrogen) atoms. The highest BCUT2D eigenvalue weighted by Gasteiger charge is 2.24. The first-order chi connectivity index (χ1) is 6.42. The molecule has 2 unspecified atom stereocenters. The van der Waals surface area contributed by atoms with Crippen molar-refractivity contribution in [2.24, 2.45) is 5.92 Å². The summed E-state index contributed by atoms with van der Waals surface area (Å²) in [6, 6.07) is 9.96. The molecular weight excluding hydrogens is 164 g/mol. The summed E-state index contributed by atoms with van der Waals surface area (Å²) in [5.41, 5.74) is 1.12. The largest absolute Gasteiger partial charge is 0.493 e. The molecule has 1 aliphatic rings. The second kappa shape index (κ2) is 3.62. The lowest BCUT2D eigenvalue weighted by atomic mass is 9.98. The topological polar surface area (TPSA) is 29.5 Å². The van der Waals surface area contributed by atoms with Gasteiger partial charge < -0.3 is 9.84 Å². The fourth-order valence-corrected chi connectivity index (χ4v) is 1.56. The highest BCUT2D eigenvalue weighted by atomic mass is 16.5. The summed E-state index contributed by atoms with van der Waals surface area (Å²) in [5, 5.41) is 9.07. The maximum Gasteiger partial charge on any atom is 0.131 e. The molecule has 0 spiro atoms. The second-order valence-corrected chi connectivity index (χ2v) is 3.14. The molecule has 1 aromatic rings. The van der Waals surface area contributed by atoms with E-state index in [1.165, 1.54) is 0 Å². The van der Waals surface area contributed by atoms with E-state index in [1.807, 2.05) is 36.4 Å². The zero-order valence-electron chi connectivity index (χ0n) is 7.26. The van der Waals surface area contributed by atoms with Gasteiger partial charge in [-0.1, -0.05) is 30.3 Å². The predicted molar refractivity (Wildman–Crippen MR) is 50.0 cm³/mol. The fraction of sp³-hybridized carbons (Fsp3) is 0.273. The number of benzene rings is 1. The summed E-state index contributed by atoms with van der Waals surface area (Å²) in [7, 11) is 0. The average Bonchev–Trinajstić information content (AvgIpc) is 2.67. The molecule has 1 heterocycles. The lowest BCUT2D eigenvalue weighted by molar-refractivity contribution is 0.102. The van der Waals surface area contributed by atoms with Crippen LogP contribution in [0.5, 0.6) is 0 Å². The minimum atomic E-state index is -0.00815. The van der Waals surface area contributed by atoms with Crippen LogP contribution in [-0.4, -0.2) is 11.7 Å². The van der Waals surface area contributed by atoms with E-state index < -0.39 is 0 Å². The number of hydrogen-bond acceptors (Lipinski definition) is 2. The van der Waals surface area contributed by atoms with E-state index in [4.69, 9.17) is 9.84 Å². The quantitative estimate of drug-likeness (QED) is 0.745.